The van der Waals surface area contributed by atoms with Crippen molar-refractivity contribution in [2.24, 2.45) is 0 Å². The summed E-state index contributed by atoms with van der Waals surface area (Å²) in [4.78, 5) is 9.62. The molecule has 0 unspecified atom stereocenters. The Morgan fingerprint density at radius 2 is 1.07 bits per heavy atom. The molecule has 10 aromatic rings. The minimum Gasteiger partial charge on any atom is -0.509 e. The second-order valence-electron chi connectivity index (χ2n) is 24.3. The Bertz CT molecular complexity index is 3740. The fourth-order valence-electron chi connectivity index (χ4n) is 10.5. The van der Waals surface area contributed by atoms with E-state index in [4.69, 9.17) is 9.72 Å². The Kier molecular flexibility index (Phi) is 13.6. The van der Waals surface area contributed by atoms with Gasteiger partial charge in [0.05, 0.1) is 0 Å². The quantitative estimate of drug-likeness (QED) is 0.142. The van der Waals surface area contributed by atoms with Gasteiger partial charge < -0.3 is 19.1 Å². The number of ether oxygens (including phenoxy) is 1. The topological polar surface area (TPSA) is 33.5 Å². The number of benzene rings is 8. The van der Waals surface area contributed by atoms with Crippen LogP contribution in [0.1, 0.15) is 105 Å². The minimum atomic E-state index is -0.120. The minimum absolute atomic E-state index is 0. The summed E-state index contributed by atoms with van der Waals surface area (Å²) in [6.07, 6.45) is 1.99. The largest absolute Gasteiger partial charge is 0.509 e. The molecule has 1 aliphatic rings. The number of rotatable bonds is 8. The summed E-state index contributed by atoms with van der Waals surface area (Å²) in [6.45, 7) is 29.7. The number of fused-ring (bicyclic) bond motifs is 4. The zero-order valence-corrected chi connectivity index (χ0v) is 48.2. The molecule has 0 saturated heterocycles. The van der Waals surface area contributed by atoms with Gasteiger partial charge in [0.15, 0.2) is 0 Å². The van der Waals surface area contributed by atoms with Crippen molar-refractivity contribution in [2.75, 3.05) is 9.80 Å². The van der Waals surface area contributed by atoms with Gasteiger partial charge in [-0.05, 0) is 102 Å². The van der Waals surface area contributed by atoms with E-state index in [1.165, 1.54) is 38.9 Å². The predicted octanol–water partition coefficient (Wildman–Crippen LogP) is 19.2. The molecule has 1 aliphatic heterocycles. The Morgan fingerprint density at radius 1 is 0.447 bits per heavy atom. The number of aromatic nitrogens is 2. The summed E-state index contributed by atoms with van der Waals surface area (Å²) < 4.78 is 8.94. The van der Waals surface area contributed by atoms with E-state index in [2.05, 4.69) is 274 Å². The van der Waals surface area contributed by atoms with Crippen molar-refractivity contribution in [3.63, 3.8) is 0 Å². The van der Waals surface area contributed by atoms with Gasteiger partial charge in [-0.1, -0.05) is 204 Å². The number of para-hydroxylation sites is 4. The predicted molar refractivity (Wildman–Crippen MR) is 315 cm³/mol. The maximum Gasteiger partial charge on any atom is 0.135 e. The molecule has 0 fully saturated rings. The second-order valence-corrected chi connectivity index (χ2v) is 24.3. The Labute approximate surface area is 465 Å². The number of pyridine rings is 1. The first kappa shape index (κ1) is 52.2. The third-order valence-electron chi connectivity index (χ3n) is 14.7. The van der Waals surface area contributed by atoms with Gasteiger partial charge in [0.25, 0.3) is 0 Å². The first-order valence-corrected chi connectivity index (χ1v) is 26.4. The van der Waals surface area contributed by atoms with Gasteiger partial charge >= 0.3 is 0 Å². The number of hydrogen-bond donors (Lipinski definition) is 0. The van der Waals surface area contributed by atoms with E-state index < -0.39 is 0 Å². The summed E-state index contributed by atoms with van der Waals surface area (Å²) in [6, 6.07) is 71.0. The van der Waals surface area contributed by atoms with Crippen molar-refractivity contribution < 1.29 is 25.8 Å². The molecular formula is C70H67N4OPt-3. The molecule has 386 valence electrons. The van der Waals surface area contributed by atoms with E-state index in [9.17, 15) is 0 Å². The van der Waals surface area contributed by atoms with Crippen LogP contribution in [-0.4, -0.2) is 9.55 Å². The molecule has 0 saturated carbocycles. The Morgan fingerprint density at radius 3 is 1.72 bits per heavy atom. The van der Waals surface area contributed by atoms with Gasteiger partial charge in [-0.25, -0.2) is 4.98 Å². The molecule has 3 heterocycles. The van der Waals surface area contributed by atoms with Gasteiger partial charge in [-0.2, -0.15) is 12.1 Å². The van der Waals surface area contributed by atoms with Crippen LogP contribution in [0.4, 0.5) is 22.7 Å². The van der Waals surface area contributed by atoms with Crippen molar-refractivity contribution in [1.29, 1.82) is 0 Å². The van der Waals surface area contributed by atoms with Crippen LogP contribution in [0.2, 0.25) is 0 Å². The smallest absolute Gasteiger partial charge is 0.135 e. The van der Waals surface area contributed by atoms with Gasteiger partial charge in [-0.3, -0.25) is 0 Å². The normalized spacial score (nSPS) is 13.1. The van der Waals surface area contributed by atoms with Crippen molar-refractivity contribution in [1.82, 2.24) is 9.55 Å². The average molecular weight is 1180 g/mol. The third-order valence-corrected chi connectivity index (χ3v) is 14.7. The van der Waals surface area contributed by atoms with E-state index in [0.29, 0.717) is 11.5 Å². The van der Waals surface area contributed by atoms with Crippen molar-refractivity contribution in [3.8, 4) is 50.7 Å². The van der Waals surface area contributed by atoms with E-state index >= 15 is 0 Å². The van der Waals surface area contributed by atoms with Crippen LogP contribution in [0.3, 0.4) is 0 Å². The molecule has 0 atom stereocenters. The van der Waals surface area contributed by atoms with Crippen molar-refractivity contribution >= 4 is 44.6 Å². The Balaban J connectivity index is 0.00000657. The summed E-state index contributed by atoms with van der Waals surface area (Å²) in [5.41, 5.74) is 18.0. The molecule has 2 aromatic heterocycles. The maximum absolute atomic E-state index is 6.75. The van der Waals surface area contributed by atoms with Crippen LogP contribution in [-0.2, 0) is 42.7 Å². The van der Waals surface area contributed by atoms with Crippen LogP contribution < -0.4 is 14.5 Å². The van der Waals surface area contributed by atoms with E-state index in [1.54, 1.807) is 0 Å². The average Bonchev–Trinajstić information content (AvgIpc) is 4.03. The molecule has 8 aromatic carbocycles. The molecule has 0 N–H and O–H groups in total. The molecular weight excluding hydrogens is 1110 g/mol. The monoisotopic (exact) mass is 1170 g/mol. The van der Waals surface area contributed by atoms with Crippen LogP contribution in [0, 0.1) is 18.8 Å². The molecule has 0 amide bonds. The van der Waals surface area contributed by atoms with E-state index in [-0.39, 0.29) is 42.7 Å². The Hall–Kier alpha value is -7.20. The number of nitrogens with zero attached hydrogens (tertiary/aromatic N) is 4. The van der Waals surface area contributed by atoms with E-state index in [0.717, 1.165) is 67.1 Å². The second kappa shape index (κ2) is 19.7. The fraction of sp³-hybridized carbons (Fsp3) is 0.229. The van der Waals surface area contributed by atoms with Crippen molar-refractivity contribution in [3.05, 3.63) is 223 Å². The van der Waals surface area contributed by atoms with Gasteiger partial charge in [0.2, 0.25) is 0 Å². The molecule has 5 nitrogen and oxygen atoms in total. The molecule has 76 heavy (non-hydrogen) atoms. The number of anilines is 4. The molecule has 0 spiro atoms. The van der Waals surface area contributed by atoms with Crippen LogP contribution in [0.5, 0.6) is 11.5 Å². The zero-order valence-electron chi connectivity index (χ0n) is 45.9. The molecule has 6 heteroatoms. The van der Waals surface area contributed by atoms with Crippen LogP contribution in [0.15, 0.2) is 182 Å². The van der Waals surface area contributed by atoms with Gasteiger partial charge in [-0.15, -0.1) is 48.1 Å². The standard InChI is InChI=1S/C70H67N4O.Pt/c1-67(2,3)49-33-37-65(71-44-49)74-61-29-17-16-26-58(61)59-36-34-54(43-64(59)74)75-53-25-20-24-52(42-53)72-45-73(63-31-19-18-30-62(63)72)66-56(47-32-35-55(46-22-14-13-15-23-46)60(40-47)70(10,11)12)27-21-28-57(66)48-38-50(68(4,5)6)41-51(39-48)69(7,8)9;/h13-41,44-45H,1-12H3;/q-3;. The SMILES string of the molecule is CC(C)(C)c1ccc(-n2c3[c-]c(Oc4[c-]c(N5[CH-]N(c6c(-c7cc(C(C)(C)C)cc(C(C)(C)C)c7)cccc6-c6ccc(-c7ccccc7)c(C(C)(C)C)c6)c6ccccc65)ccc4)ccc3c3ccccc32)nc1.[Pt]. The summed E-state index contributed by atoms with van der Waals surface area (Å²) >= 11 is 0. The molecule has 0 bridgehead atoms. The van der Waals surface area contributed by atoms with Gasteiger partial charge in [0.1, 0.15) is 5.82 Å². The summed E-state index contributed by atoms with van der Waals surface area (Å²) in [7, 11) is 0. The fourth-order valence-corrected chi connectivity index (χ4v) is 10.5. The van der Waals surface area contributed by atoms with Crippen LogP contribution >= 0.6 is 0 Å². The first-order chi connectivity index (χ1) is 35.7. The van der Waals surface area contributed by atoms with Crippen LogP contribution in [0.25, 0.3) is 61.0 Å². The maximum atomic E-state index is 6.75. The summed E-state index contributed by atoms with van der Waals surface area (Å²) in [5, 5.41) is 2.22. The summed E-state index contributed by atoms with van der Waals surface area (Å²) in [5.74, 6) is 2.02. The van der Waals surface area contributed by atoms with Crippen molar-refractivity contribution in [2.45, 2.75) is 105 Å². The zero-order chi connectivity index (χ0) is 52.6. The van der Waals surface area contributed by atoms with E-state index in [1.807, 2.05) is 24.4 Å². The molecule has 0 radical (unpaired) electrons. The van der Waals surface area contributed by atoms with Gasteiger partial charge in [0, 0.05) is 72.5 Å². The molecule has 0 aliphatic carbocycles. The molecule has 11 rings (SSSR count). The first-order valence-electron chi connectivity index (χ1n) is 26.4. The third kappa shape index (κ3) is 9.91. The number of hydrogen-bond acceptors (Lipinski definition) is 4.